The van der Waals surface area contributed by atoms with Crippen LogP contribution in [0.1, 0.15) is 31.9 Å². The second-order valence-electron chi connectivity index (χ2n) is 3.66. The van der Waals surface area contributed by atoms with Crippen LogP contribution < -0.4 is 5.32 Å². The van der Waals surface area contributed by atoms with Gasteiger partial charge in [0, 0.05) is 24.4 Å². The quantitative estimate of drug-likeness (QED) is 0.696. The highest BCUT2D eigenvalue weighted by molar-refractivity contribution is 5.08. The fraction of sp³-hybridized carbons (Fsp3) is 0.727. The minimum atomic E-state index is 0.357. The standard InChI is InChI=1S/C11H21N3O/c1-4-6-15-7-5-14-9-11(8-13-14)10(2)12-3/h8-10,12H,4-7H2,1-3H3. The summed E-state index contributed by atoms with van der Waals surface area (Å²) in [5.74, 6) is 0. The zero-order valence-corrected chi connectivity index (χ0v) is 9.86. The van der Waals surface area contributed by atoms with E-state index in [9.17, 15) is 0 Å². The number of hydrogen-bond donors (Lipinski definition) is 1. The topological polar surface area (TPSA) is 39.1 Å². The Morgan fingerprint density at radius 2 is 2.33 bits per heavy atom. The van der Waals surface area contributed by atoms with E-state index in [1.807, 2.05) is 17.9 Å². The Labute approximate surface area is 91.6 Å². The van der Waals surface area contributed by atoms with Crippen molar-refractivity contribution in [3.8, 4) is 0 Å². The highest BCUT2D eigenvalue weighted by Gasteiger charge is 2.04. The van der Waals surface area contributed by atoms with E-state index < -0.39 is 0 Å². The van der Waals surface area contributed by atoms with E-state index in [0.717, 1.165) is 26.2 Å². The second-order valence-corrected chi connectivity index (χ2v) is 3.66. The van der Waals surface area contributed by atoms with Crippen LogP contribution in [-0.4, -0.2) is 30.0 Å². The predicted molar refractivity (Wildman–Crippen MR) is 60.8 cm³/mol. The molecule has 0 aliphatic heterocycles. The van der Waals surface area contributed by atoms with Gasteiger partial charge in [-0.25, -0.2) is 0 Å². The molecule has 1 aromatic rings. The maximum absolute atomic E-state index is 5.41. The molecule has 0 aromatic carbocycles. The number of nitrogens with zero attached hydrogens (tertiary/aromatic N) is 2. The largest absolute Gasteiger partial charge is 0.380 e. The van der Waals surface area contributed by atoms with E-state index in [4.69, 9.17) is 4.74 Å². The Kier molecular flexibility index (Phi) is 5.36. The molecule has 0 saturated heterocycles. The van der Waals surface area contributed by atoms with Gasteiger partial charge >= 0.3 is 0 Å². The molecule has 0 aliphatic carbocycles. The number of ether oxygens (including phenoxy) is 1. The van der Waals surface area contributed by atoms with Crippen molar-refractivity contribution in [2.24, 2.45) is 0 Å². The van der Waals surface area contributed by atoms with Crippen molar-refractivity contribution >= 4 is 0 Å². The van der Waals surface area contributed by atoms with Gasteiger partial charge in [0.15, 0.2) is 0 Å². The summed E-state index contributed by atoms with van der Waals surface area (Å²) in [4.78, 5) is 0. The first-order chi connectivity index (χ1) is 7.27. The van der Waals surface area contributed by atoms with Crippen LogP contribution in [0.25, 0.3) is 0 Å². The molecule has 86 valence electrons. The van der Waals surface area contributed by atoms with Gasteiger partial charge in [-0.1, -0.05) is 6.92 Å². The van der Waals surface area contributed by atoms with E-state index in [1.165, 1.54) is 5.56 Å². The molecule has 0 bridgehead atoms. The van der Waals surface area contributed by atoms with Gasteiger partial charge in [-0.2, -0.15) is 5.10 Å². The van der Waals surface area contributed by atoms with Gasteiger partial charge < -0.3 is 10.1 Å². The minimum absolute atomic E-state index is 0.357. The SMILES string of the molecule is CCCOCCn1cc(C(C)NC)cn1. The molecule has 0 spiro atoms. The zero-order chi connectivity index (χ0) is 11.1. The molecule has 0 radical (unpaired) electrons. The lowest BCUT2D eigenvalue weighted by Crippen LogP contribution is -2.11. The van der Waals surface area contributed by atoms with E-state index >= 15 is 0 Å². The third-order valence-electron chi connectivity index (χ3n) is 2.40. The van der Waals surface area contributed by atoms with Crippen LogP contribution in [0.2, 0.25) is 0 Å². The van der Waals surface area contributed by atoms with Crippen LogP contribution in [0, 0.1) is 0 Å². The maximum Gasteiger partial charge on any atom is 0.0662 e. The smallest absolute Gasteiger partial charge is 0.0662 e. The molecule has 0 aliphatic rings. The summed E-state index contributed by atoms with van der Waals surface area (Å²) in [5.41, 5.74) is 1.22. The molecule has 0 amide bonds. The Morgan fingerprint density at radius 1 is 1.53 bits per heavy atom. The van der Waals surface area contributed by atoms with Crippen LogP contribution in [-0.2, 0) is 11.3 Å². The van der Waals surface area contributed by atoms with Gasteiger partial charge in [-0.05, 0) is 20.4 Å². The summed E-state index contributed by atoms with van der Waals surface area (Å²) in [6.07, 6.45) is 5.04. The molecular formula is C11H21N3O. The predicted octanol–water partition coefficient (Wildman–Crippen LogP) is 1.59. The van der Waals surface area contributed by atoms with E-state index in [0.29, 0.717) is 6.04 Å². The lowest BCUT2D eigenvalue weighted by molar-refractivity contribution is 0.124. The van der Waals surface area contributed by atoms with Crippen molar-refractivity contribution < 1.29 is 4.74 Å². The minimum Gasteiger partial charge on any atom is -0.380 e. The van der Waals surface area contributed by atoms with Crippen LogP contribution in [0.3, 0.4) is 0 Å². The van der Waals surface area contributed by atoms with Crippen LogP contribution >= 0.6 is 0 Å². The number of rotatable bonds is 7. The molecule has 1 unspecified atom stereocenters. The van der Waals surface area contributed by atoms with Gasteiger partial charge in [0.1, 0.15) is 0 Å². The summed E-state index contributed by atoms with van der Waals surface area (Å²) < 4.78 is 7.34. The molecule has 1 rings (SSSR count). The Balaban J connectivity index is 2.33. The molecule has 15 heavy (non-hydrogen) atoms. The third kappa shape index (κ3) is 4.01. The van der Waals surface area contributed by atoms with E-state index in [1.54, 1.807) is 0 Å². The highest BCUT2D eigenvalue weighted by Crippen LogP contribution is 2.09. The van der Waals surface area contributed by atoms with Crippen molar-refractivity contribution in [3.05, 3.63) is 18.0 Å². The van der Waals surface area contributed by atoms with Gasteiger partial charge in [0.25, 0.3) is 0 Å². The maximum atomic E-state index is 5.41. The Bertz CT molecular complexity index is 273. The average Bonchev–Trinajstić information content (AvgIpc) is 2.72. The average molecular weight is 211 g/mol. The normalized spacial score (nSPS) is 13.0. The third-order valence-corrected chi connectivity index (χ3v) is 2.40. The first kappa shape index (κ1) is 12.2. The summed E-state index contributed by atoms with van der Waals surface area (Å²) in [6, 6.07) is 0.357. The first-order valence-corrected chi connectivity index (χ1v) is 5.55. The number of aromatic nitrogens is 2. The second kappa shape index (κ2) is 6.58. The van der Waals surface area contributed by atoms with Crippen molar-refractivity contribution in [2.45, 2.75) is 32.9 Å². The summed E-state index contributed by atoms with van der Waals surface area (Å²) in [7, 11) is 1.95. The van der Waals surface area contributed by atoms with Crippen LogP contribution in [0.5, 0.6) is 0 Å². The van der Waals surface area contributed by atoms with Crippen molar-refractivity contribution in [3.63, 3.8) is 0 Å². The van der Waals surface area contributed by atoms with Gasteiger partial charge in [0.05, 0.1) is 19.3 Å². The lowest BCUT2D eigenvalue weighted by atomic mass is 10.2. The van der Waals surface area contributed by atoms with Crippen molar-refractivity contribution in [1.82, 2.24) is 15.1 Å². The molecule has 1 aromatic heterocycles. The summed E-state index contributed by atoms with van der Waals surface area (Å²) >= 11 is 0. The molecule has 0 fully saturated rings. The lowest BCUT2D eigenvalue weighted by Gasteiger charge is -2.06. The van der Waals surface area contributed by atoms with Gasteiger partial charge in [0.2, 0.25) is 0 Å². The number of hydrogen-bond acceptors (Lipinski definition) is 3. The monoisotopic (exact) mass is 211 g/mol. The molecular weight excluding hydrogens is 190 g/mol. The molecule has 1 atom stereocenters. The van der Waals surface area contributed by atoms with Gasteiger partial charge in [-0.15, -0.1) is 0 Å². The molecule has 4 nitrogen and oxygen atoms in total. The van der Waals surface area contributed by atoms with E-state index in [2.05, 4.69) is 30.5 Å². The molecule has 1 heterocycles. The fourth-order valence-electron chi connectivity index (χ4n) is 1.30. The molecule has 4 heteroatoms. The highest BCUT2D eigenvalue weighted by atomic mass is 16.5. The van der Waals surface area contributed by atoms with E-state index in [-0.39, 0.29) is 0 Å². The van der Waals surface area contributed by atoms with Crippen molar-refractivity contribution in [2.75, 3.05) is 20.3 Å². The van der Waals surface area contributed by atoms with Crippen LogP contribution in [0.15, 0.2) is 12.4 Å². The zero-order valence-electron chi connectivity index (χ0n) is 9.86. The fourth-order valence-corrected chi connectivity index (χ4v) is 1.30. The number of nitrogens with one attached hydrogen (secondary N) is 1. The van der Waals surface area contributed by atoms with Crippen molar-refractivity contribution in [1.29, 1.82) is 0 Å². The Hall–Kier alpha value is -0.870. The van der Waals surface area contributed by atoms with Gasteiger partial charge in [-0.3, -0.25) is 4.68 Å². The summed E-state index contributed by atoms with van der Waals surface area (Å²) in [6.45, 7) is 6.63. The summed E-state index contributed by atoms with van der Waals surface area (Å²) in [5, 5.41) is 7.47. The Morgan fingerprint density at radius 3 is 3.00 bits per heavy atom. The molecule has 0 saturated carbocycles. The van der Waals surface area contributed by atoms with Crippen LogP contribution in [0.4, 0.5) is 0 Å². The molecule has 1 N–H and O–H groups in total. The first-order valence-electron chi connectivity index (χ1n) is 5.55.